The van der Waals surface area contributed by atoms with Crippen molar-refractivity contribution in [3.05, 3.63) is 35.9 Å². The van der Waals surface area contributed by atoms with Gasteiger partial charge < -0.3 is 14.8 Å². The number of benzene rings is 1. The van der Waals surface area contributed by atoms with Gasteiger partial charge in [0.15, 0.2) is 6.10 Å². The minimum atomic E-state index is -0.963. The summed E-state index contributed by atoms with van der Waals surface area (Å²) in [7, 11) is 1.58. The van der Waals surface area contributed by atoms with E-state index in [1.54, 1.807) is 37.5 Å². The number of amides is 1. The molecule has 6 heteroatoms. The van der Waals surface area contributed by atoms with Crippen LogP contribution in [0.25, 0.3) is 6.08 Å². The Labute approximate surface area is 153 Å². The van der Waals surface area contributed by atoms with E-state index in [2.05, 4.69) is 11.4 Å². The highest BCUT2D eigenvalue weighted by Gasteiger charge is 2.35. The fourth-order valence-electron chi connectivity index (χ4n) is 2.90. The number of nitrogens with one attached hydrogen (secondary N) is 1. The van der Waals surface area contributed by atoms with Crippen molar-refractivity contribution in [2.24, 2.45) is 0 Å². The van der Waals surface area contributed by atoms with E-state index in [0.717, 1.165) is 30.6 Å². The third-order valence-corrected chi connectivity index (χ3v) is 4.47. The van der Waals surface area contributed by atoms with Gasteiger partial charge in [0, 0.05) is 6.08 Å². The molecule has 26 heavy (non-hydrogen) atoms. The Balaban J connectivity index is 1.88. The van der Waals surface area contributed by atoms with Crippen molar-refractivity contribution >= 4 is 18.0 Å². The molecule has 2 rings (SSSR count). The fraction of sp³-hybridized carbons (Fsp3) is 0.450. The molecule has 1 saturated carbocycles. The van der Waals surface area contributed by atoms with Gasteiger partial charge in [-0.15, -0.1) is 0 Å². The van der Waals surface area contributed by atoms with E-state index in [1.165, 1.54) is 13.0 Å². The first-order valence-corrected chi connectivity index (χ1v) is 8.74. The van der Waals surface area contributed by atoms with Crippen molar-refractivity contribution in [2.75, 3.05) is 7.11 Å². The predicted molar refractivity (Wildman–Crippen MR) is 97.2 cm³/mol. The summed E-state index contributed by atoms with van der Waals surface area (Å²) in [6.45, 7) is 1.50. The lowest BCUT2D eigenvalue weighted by atomic mass is 9.83. The van der Waals surface area contributed by atoms with E-state index in [4.69, 9.17) is 9.47 Å². The summed E-state index contributed by atoms with van der Waals surface area (Å²) in [5.41, 5.74) is -0.0277. The van der Waals surface area contributed by atoms with Crippen LogP contribution in [-0.2, 0) is 14.3 Å². The number of esters is 1. The van der Waals surface area contributed by atoms with Gasteiger partial charge in [0.1, 0.15) is 11.3 Å². The standard InChI is InChI=1S/C20H24N2O4/c1-15(19(24)22-20(14-21)12-4-3-5-13-20)26-18(23)11-8-16-6-9-17(25-2)10-7-16/h6-11,15H,3-5,12-13H2,1-2H3,(H,22,24)/b11-8+/t15-/m1/s1. The molecule has 1 N–H and O–H groups in total. The molecule has 0 radical (unpaired) electrons. The number of carbonyl (C=O) groups excluding carboxylic acids is 2. The average molecular weight is 356 g/mol. The van der Waals surface area contributed by atoms with Crippen LogP contribution in [0.15, 0.2) is 30.3 Å². The molecule has 0 aromatic heterocycles. The molecule has 0 unspecified atom stereocenters. The van der Waals surface area contributed by atoms with Gasteiger partial charge in [0.25, 0.3) is 5.91 Å². The van der Waals surface area contributed by atoms with Gasteiger partial charge in [-0.25, -0.2) is 4.79 Å². The van der Waals surface area contributed by atoms with Gasteiger partial charge in [0.2, 0.25) is 0 Å². The van der Waals surface area contributed by atoms with Crippen LogP contribution in [0.4, 0.5) is 0 Å². The number of nitrogens with zero attached hydrogens (tertiary/aromatic N) is 1. The van der Waals surface area contributed by atoms with Crippen LogP contribution in [0.2, 0.25) is 0 Å². The van der Waals surface area contributed by atoms with Crippen LogP contribution in [0.1, 0.15) is 44.6 Å². The predicted octanol–water partition coefficient (Wildman–Crippen LogP) is 2.98. The molecule has 1 aliphatic carbocycles. The average Bonchev–Trinajstić information content (AvgIpc) is 2.67. The van der Waals surface area contributed by atoms with Gasteiger partial charge in [-0.05, 0) is 43.5 Å². The van der Waals surface area contributed by atoms with E-state index in [1.807, 2.05) is 0 Å². The molecular weight excluding hydrogens is 332 g/mol. The maximum absolute atomic E-state index is 12.3. The summed E-state index contributed by atoms with van der Waals surface area (Å²) in [6, 6.07) is 9.39. The van der Waals surface area contributed by atoms with Crippen LogP contribution >= 0.6 is 0 Å². The normalized spacial score (nSPS) is 17.1. The molecule has 0 spiro atoms. The van der Waals surface area contributed by atoms with E-state index in [-0.39, 0.29) is 0 Å². The molecule has 1 aliphatic rings. The van der Waals surface area contributed by atoms with Crippen LogP contribution in [0.5, 0.6) is 5.75 Å². The molecule has 0 aliphatic heterocycles. The molecule has 1 aromatic rings. The minimum absolute atomic E-state index is 0.445. The fourth-order valence-corrected chi connectivity index (χ4v) is 2.90. The number of hydrogen-bond donors (Lipinski definition) is 1. The second-order valence-electron chi connectivity index (χ2n) is 6.43. The molecule has 0 bridgehead atoms. The summed E-state index contributed by atoms with van der Waals surface area (Å²) in [5, 5.41) is 12.2. The van der Waals surface area contributed by atoms with Crippen molar-refractivity contribution in [3.8, 4) is 11.8 Å². The van der Waals surface area contributed by atoms with E-state index in [0.29, 0.717) is 12.8 Å². The summed E-state index contributed by atoms with van der Waals surface area (Å²) >= 11 is 0. The Bertz CT molecular complexity index is 698. The summed E-state index contributed by atoms with van der Waals surface area (Å²) in [5.74, 6) is -0.332. The maximum atomic E-state index is 12.3. The monoisotopic (exact) mass is 356 g/mol. The minimum Gasteiger partial charge on any atom is -0.497 e. The van der Waals surface area contributed by atoms with Gasteiger partial charge in [0.05, 0.1) is 13.2 Å². The second kappa shape index (κ2) is 9.04. The first-order valence-electron chi connectivity index (χ1n) is 8.74. The first-order chi connectivity index (χ1) is 12.5. The zero-order valence-electron chi connectivity index (χ0n) is 15.2. The smallest absolute Gasteiger partial charge is 0.331 e. The second-order valence-corrected chi connectivity index (χ2v) is 6.43. The van der Waals surface area contributed by atoms with Gasteiger partial charge in [-0.3, -0.25) is 4.79 Å². The number of methoxy groups -OCH3 is 1. The highest BCUT2D eigenvalue weighted by atomic mass is 16.5. The topological polar surface area (TPSA) is 88.4 Å². The summed E-state index contributed by atoms with van der Waals surface area (Å²) in [4.78, 5) is 24.2. The molecule has 138 valence electrons. The Kier molecular flexibility index (Phi) is 6.79. The summed E-state index contributed by atoms with van der Waals surface area (Å²) in [6.07, 6.45) is 6.06. The zero-order chi connectivity index (χ0) is 19.0. The number of rotatable bonds is 6. The number of carbonyl (C=O) groups is 2. The van der Waals surface area contributed by atoms with Crippen LogP contribution < -0.4 is 10.1 Å². The lowest BCUT2D eigenvalue weighted by Gasteiger charge is -2.32. The maximum Gasteiger partial charge on any atom is 0.331 e. The van der Waals surface area contributed by atoms with Crippen LogP contribution in [0.3, 0.4) is 0 Å². The van der Waals surface area contributed by atoms with Gasteiger partial charge in [-0.1, -0.05) is 31.4 Å². The van der Waals surface area contributed by atoms with Crippen molar-refractivity contribution in [1.82, 2.24) is 5.32 Å². The van der Waals surface area contributed by atoms with Crippen molar-refractivity contribution in [1.29, 1.82) is 5.26 Å². The third-order valence-electron chi connectivity index (χ3n) is 4.47. The largest absolute Gasteiger partial charge is 0.497 e. The third kappa shape index (κ3) is 5.35. The Morgan fingerprint density at radius 1 is 1.23 bits per heavy atom. The molecule has 1 fully saturated rings. The molecule has 0 heterocycles. The van der Waals surface area contributed by atoms with Crippen molar-refractivity contribution in [2.45, 2.75) is 50.7 Å². The Morgan fingerprint density at radius 3 is 2.46 bits per heavy atom. The zero-order valence-corrected chi connectivity index (χ0v) is 15.2. The Hall–Kier alpha value is -2.81. The molecular formula is C20H24N2O4. The van der Waals surface area contributed by atoms with Gasteiger partial charge in [-0.2, -0.15) is 5.26 Å². The van der Waals surface area contributed by atoms with E-state index < -0.39 is 23.5 Å². The molecule has 1 aromatic carbocycles. The molecule has 0 saturated heterocycles. The number of ether oxygens (including phenoxy) is 2. The quantitative estimate of drug-likeness (QED) is 0.625. The highest BCUT2D eigenvalue weighted by molar-refractivity contribution is 5.90. The van der Waals surface area contributed by atoms with Crippen molar-refractivity contribution < 1.29 is 19.1 Å². The van der Waals surface area contributed by atoms with Crippen LogP contribution in [-0.4, -0.2) is 30.6 Å². The Morgan fingerprint density at radius 2 is 1.88 bits per heavy atom. The summed E-state index contributed by atoms with van der Waals surface area (Å²) < 4.78 is 10.2. The van der Waals surface area contributed by atoms with E-state index in [9.17, 15) is 14.9 Å². The molecule has 1 atom stereocenters. The first kappa shape index (κ1) is 19.5. The lowest BCUT2D eigenvalue weighted by Crippen LogP contribution is -2.52. The van der Waals surface area contributed by atoms with Crippen molar-refractivity contribution in [3.63, 3.8) is 0 Å². The molecule has 1 amide bonds. The SMILES string of the molecule is COc1ccc(/C=C/C(=O)O[C@H](C)C(=O)NC2(C#N)CCCCC2)cc1. The van der Waals surface area contributed by atoms with Crippen LogP contribution in [0, 0.1) is 11.3 Å². The lowest BCUT2D eigenvalue weighted by molar-refractivity contribution is -0.150. The molecule has 6 nitrogen and oxygen atoms in total. The highest BCUT2D eigenvalue weighted by Crippen LogP contribution is 2.27. The number of nitriles is 1. The number of hydrogen-bond acceptors (Lipinski definition) is 5. The van der Waals surface area contributed by atoms with E-state index >= 15 is 0 Å². The van der Waals surface area contributed by atoms with Gasteiger partial charge >= 0.3 is 5.97 Å².